The van der Waals surface area contributed by atoms with Gasteiger partial charge in [0.05, 0.1) is 12.1 Å². The molecule has 0 saturated carbocycles. The third-order valence-electron chi connectivity index (χ3n) is 5.05. The normalized spacial score (nSPS) is 15.9. The van der Waals surface area contributed by atoms with E-state index in [0.717, 1.165) is 19.5 Å². The predicted molar refractivity (Wildman–Crippen MR) is 97.6 cm³/mol. The molecule has 0 fully saturated rings. The van der Waals surface area contributed by atoms with Crippen molar-refractivity contribution >= 4 is 17.2 Å². The van der Waals surface area contributed by atoms with Crippen LogP contribution >= 0.6 is 11.3 Å². The van der Waals surface area contributed by atoms with E-state index in [9.17, 15) is 13.6 Å². The van der Waals surface area contributed by atoms with Crippen molar-refractivity contribution in [2.24, 2.45) is 0 Å². The summed E-state index contributed by atoms with van der Waals surface area (Å²) >= 11 is 1.81. The molecule has 142 valence electrons. The van der Waals surface area contributed by atoms with Crippen LogP contribution in [0.15, 0.2) is 11.4 Å². The number of aromatic nitrogens is 2. The van der Waals surface area contributed by atoms with Crippen molar-refractivity contribution in [1.29, 1.82) is 0 Å². The molecule has 8 heteroatoms. The number of alkyl halides is 2. The second-order valence-electron chi connectivity index (χ2n) is 6.79. The monoisotopic (exact) mass is 382 g/mol. The lowest BCUT2D eigenvalue weighted by Crippen LogP contribution is -2.44. The van der Waals surface area contributed by atoms with Crippen molar-refractivity contribution in [3.63, 3.8) is 0 Å². The average molecular weight is 382 g/mol. The Kier molecular flexibility index (Phi) is 5.72. The first-order valence-corrected chi connectivity index (χ1v) is 9.63. The van der Waals surface area contributed by atoms with Crippen molar-refractivity contribution in [3.8, 4) is 0 Å². The summed E-state index contributed by atoms with van der Waals surface area (Å²) in [6, 6.07) is 2.39. The van der Waals surface area contributed by atoms with Gasteiger partial charge in [-0.1, -0.05) is 0 Å². The third-order valence-corrected chi connectivity index (χ3v) is 6.08. The maximum Gasteiger partial charge on any atom is 0.333 e. The van der Waals surface area contributed by atoms with Crippen LogP contribution in [-0.2, 0) is 24.2 Å². The molecule has 0 bridgehead atoms. The van der Waals surface area contributed by atoms with Gasteiger partial charge in [-0.15, -0.1) is 11.3 Å². The Morgan fingerprint density at radius 2 is 2.19 bits per heavy atom. The lowest BCUT2D eigenvalue weighted by molar-refractivity contribution is -0.120. The largest absolute Gasteiger partial charge is 0.354 e. The second-order valence-corrected chi connectivity index (χ2v) is 7.79. The summed E-state index contributed by atoms with van der Waals surface area (Å²) in [5.74, 6) is -0.162. The van der Waals surface area contributed by atoms with Crippen LogP contribution in [-0.4, -0.2) is 39.7 Å². The van der Waals surface area contributed by atoms with Gasteiger partial charge in [-0.25, -0.2) is 4.68 Å². The van der Waals surface area contributed by atoms with E-state index in [1.165, 1.54) is 10.4 Å². The van der Waals surface area contributed by atoms with Gasteiger partial charge in [-0.3, -0.25) is 9.69 Å². The van der Waals surface area contributed by atoms with Crippen LogP contribution in [0.25, 0.3) is 0 Å². The fraction of sp³-hybridized carbons (Fsp3) is 0.556. The first-order valence-electron chi connectivity index (χ1n) is 8.75. The molecule has 3 rings (SSSR count). The van der Waals surface area contributed by atoms with E-state index < -0.39 is 6.55 Å². The number of nitrogens with one attached hydrogen (secondary N) is 1. The molecule has 0 aromatic carbocycles. The third kappa shape index (κ3) is 3.96. The fourth-order valence-corrected chi connectivity index (χ4v) is 4.29. The molecule has 0 spiro atoms. The van der Waals surface area contributed by atoms with E-state index in [0.29, 0.717) is 28.2 Å². The lowest BCUT2D eigenvalue weighted by Gasteiger charge is -2.32. The zero-order chi connectivity index (χ0) is 18.8. The van der Waals surface area contributed by atoms with E-state index in [4.69, 9.17) is 0 Å². The van der Waals surface area contributed by atoms with Gasteiger partial charge in [-0.2, -0.15) is 13.9 Å². The van der Waals surface area contributed by atoms with Crippen LogP contribution in [0.2, 0.25) is 0 Å². The zero-order valence-electron chi connectivity index (χ0n) is 15.3. The number of hydrogen-bond donors (Lipinski definition) is 1. The quantitative estimate of drug-likeness (QED) is 0.835. The highest BCUT2D eigenvalue weighted by Gasteiger charge is 2.23. The number of nitrogens with zero attached hydrogens (tertiary/aromatic N) is 3. The Hall–Kier alpha value is -1.80. The van der Waals surface area contributed by atoms with Gasteiger partial charge in [-0.05, 0) is 44.2 Å². The van der Waals surface area contributed by atoms with Crippen molar-refractivity contribution in [1.82, 2.24) is 20.0 Å². The number of amides is 1. The number of fused-ring (bicyclic) bond motifs is 1. The Morgan fingerprint density at radius 3 is 2.88 bits per heavy atom. The summed E-state index contributed by atoms with van der Waals surface area (Å²) in [6.45, 7) is 5.08. The smallest absolute Gasteiger partial charge is 0.333 e. The molecule has 0 saturated heterocycles. The number of rotatable bonds is 6. The van der Waals surface area contributed by atoms with Crippen LogP contribution in [0.5, 0.6) is 0 Å². The van der Waals surface area contributed by atoms with E-state index in [1.54, 1.807) is 13.8 Å². The van der Waals surface area contributed by atoms with E-state index in [-0.39, 0.29) is 18.4 Å². The van der Waals surface area contributed by atoms with Crippen molar-refractivity contribution in [2.45, 2.75) is 52.7 Å². The highest BCUT2D eigenvalue weighted by molar-refractivity contribution is 7.10. The Morgan fingerprint density at radius 1 is 1.42 bits per heavy atom. The molecule has 1 amide bonds. The first kappa shape index (κ1) is 19.0. The van der Waals surface area contributed by atoms with Gasteiger partial charge in [0.1, 0.15) is 0 Å². The summed E-state index contributed by atoms with van der Waals surface area (Å²) in [5.41, 5.74) is 2.79. The fourth-order valence-electron chi connectivity index (χ4n) is 3.40. The number of carbonyl (C=O) groups is 1. The van der Waals surface area contributed by atoms with Crippen molar-refractivity contribution in [3.05, 3.63) is 38.8 Å². The average Bonchev–Trinajstić information content (AvgIpc) is 3.18. The molecule has 0 radical (unpaired) electrons. The van der Waals surface area contributed by atoms with Crippen molar-refractivity contribution in [2.75, 3.05) is 13.1 Å². The molecule has 2 aromatic rings. The summed E-state index contributed by atoms with van der Waals surface area (Å²) < 4.78 is 26.5. The molecule has 0 aliphatic carbocycles. The number of carbonyl (C=O) groups excluding carboxylic acids is 1. The van der Waals surface area contributed by atoms with Crippen LogP contribution in [0.4, 0.5) is 8.78 Å². The maximum absolute atomic E-state index is 12.9. The SMILES string of the molecule is Cc1nn(C(F)F)c(C)c1CC(=O)NCC(C)N1CCc2sccc2C1. The minimum absolute atomic E-state index is 0.0752. The summed E-state index contributed by atoms with van der Waals surface area (Å²) in [7, 11) is 0. The van der Waals surface area contributed by atoms with Crippen LogP contribution in [0.3, 0.4) is 0 Å². The minimum atomic E-state index is -2.69. The van der Waals surface area contributed by atoms with Crippen molar-refractivity contribution < 1.29 is 13.6 Å². The number of thiophene rings is 1. The van der Waals surface area contributed by atoms with Crippen LogP contribution < -0.4 is 5.32 Å². The van der Waals surface area contributed by atoms with Crippen LogP contribution in [0, 0.1) is 13.8 Å². The Balaban J connectivity index is 1.53. The molecule has 1 aliphatic rings. The molecule has 1 unspecified atom stereocenters. The van der Waals surface area contributed by atoms with Gasteiger partial charge in [0.15, 0.2) is 0 Å². The molecule has 2 aromatic heterocycles. The topological polar surface area (TPSA) is 50.2 Å². The number of aryl methyl sites for hydroxylation is 1. The van der Waals surface area contributed by atoms with Gasteiger partial charge in [0, 0.05) is 41.8 Å². The van der Waals surface area contributed by atoms with Crippen LogP contribution in [0.1, 0.15) is 40.9 Å². The zero-order valence-corrected chi connectivity index (χ0v) is 16.1. The van der Waals surface area contributed by atoms with Gasteiger partial charge in [0.25, 0.3) is 0 Å². The Bertz CT molecular complexity index is 786. The molecule has 5 nitrogen and oxygen atoms in total. The summed E-state index contributed by atoms with van der Waals surface area (Å²) in [5, 5.41) is 8.89. The predicted octanol–water partition coefficient (Wildman–Crippen LogP) is 3.06. The maximum atomic E-state index is 12.9. The summed E-state index contributed by atoms with van der Waals surface area (Å²) in [4.78, 5) is 16.1. The van der Waals surface area contributed by atoms with Gasteiger partial charge >= 0.3 is 6.55 Å². The van der Waals surface area contributed by atoms with Gasteiger partial charge < -0.3 is 5.32 Å². The molecule has 26 heavy (non-hydrogen) atoms. The van der Waals surface area contributed by atoms with E-state index in [2.05, 4.69) is 33.7 Å². The minimum Gasteiger partial charge on any atom is -0.354 e. The standard InChI is InChI=1S/C18H24F2N4OS/c1-11(23-6-4-16-14(10-23)5-7-26-16)9-21-17(25)8-15-12(2)22-24(13(15)3)18(19)20/h5,7,11,18H,4,6,8-10H2,1-3H3,(H,21,25). The lowest BCUT2D eigenvalue weighted by atomic mass is 10.1. The first-order chi connectivity index (χ1) is 12.4. The number of halogens is 2. The summed E-state index contributed by atoms with van der Waals surface area (Å²) in [6.07, 6.45) is 1.13. The number of hydrogen-bond acceptors (Lipinski definition) is 4. The van der Waals surface area contributed by atoms with E-state index in [1.807, 2.05) is 11.3 Å². The highest BCUT2D eigenvalue weighted by Crippen LogP contribution is 2.25. The molecule has 1 aliphatic heterocycles. The molecule has 1 atom stereocenters. The molecular formula is C18H24F2N4OS. The van der Waals surface area contributed by atoms with E-state index >= 15 is 0 Å². The van der Waals surface area contributed by atoms with Gasteiger partial charge in [0.2, 0.25) is 5.91 Å². The highest BCUT2D eigenvalue weighted by atomic mass is 32.1. The molecule has 3 heterocycles. The second kappa shape index (κ2) is 7.84. The molecule has 1 N–H and O–H groups in total. The Labute approximate surface area is 156 Å². The molecular weight excluding hydrogens is 358 g/mol.